The van der Waals surface area contributed by atoms with Gasteiger partial charge in [0.2, 0.25) is 25.5 Å². The second kappa shape index (κ2) is 16.0. The zero-order valence-electron chi connectivity index (χ0n) is 27.0. The van der Waals surface area contributed by atoms with E-state index in [0.717, 1.165) is 0 Å². The molecule has 2 aromatic carbocycles. The molecule has 6 N–H and O–H groups in total. The fraction of sp³-hybridized carbons (Fsp3) is 0.267. The molecule has 256 valence electrons. The number of nitrogens with one attached hydrogen (secondary N) is 5. The van der Waals surface area contributed by atoms with Gasteiger partial charge in [-0.25, -0.2) is 24.5 Å². The highest BCUT2D eigenvalue weighted by molar-refractivity contribution is 6.45. The maximum atomic E-state index is 12.3. The number of hydrogen-bond acceptors (Lipinski definition) is 13. The summed E-state index contributed by atoms with van der Waals surface area (Å²) in [7, 11) is 1.30. The number of benzene rings is 2. The predicted molar refractivity (Wildman–Crippen MR) is 184 cm³/mol. The van der Waals surface area contributed by atoms with Gasteiger partial charge in [-0.15, -0.1) is 0 Å². The number of carbonyl (C=O) groups excluding carboxylic acids is 2. The maximum Gasteiger partial charge on any atom is 0.376 e. The molecule has 19 heteroatoms. The van der Waals surface area contributed by atoms with Crippen LogP contribution in [0.3, 0.4) is 0 Å². The second-order valence-corrected chi connectivity index (χ2v) is 11.1. The molecule has 0 bridgehead atoms. The highest BCUT2D eigenvalue weighted by Crippen LogP contribution is 2.35. The Labute approximate surface area is 286 Å². The van der Waals surface area contributed by atoms with Gasteiger partial charge in [-0.3, -0.25) is 10.6 Å². The van der Waals surface area contributed by atoms with Crippen LogP contribution in [0, 0.1) is 13.8 Å². The number of carbonyl (C=O) groups is 2. The zero-order chi connectivity index (χ0) is 34.9. The summed E-state index contributed by atoms with van der Waals surface area (Å²) in [4.78, 5) is 42.4. The molecule has 0 unspecified atom stereocenters. The summed E-state index contributed by atoms with van der Waals surface area (Å²) in [6, 6.07) is 12.7. The van der Waals surface area contributed by atoms with Crippen LogP contribution < -0.4 is 45.5 Å². The van der Waals surface area contributed by atoms with Gasteiger partial charge in [0, 0.05) is 54.1 Å². The van der Waals surface area contributed by atoms with Gasteiger partial charge >= 0.3 is 19.1 Å². The third kappa shape index (κ3) is 10.2. The molecule has 0 saturated heterocycles. The summed E-state index contributed by atoms with van der Waals surface area (Å²) in [6.45, 7) is 6.85. The van der Waals surface area contributed by atoms with Crippen LogP contribution in [0.4, 0.5) is 38.7 Å². The van der Waals surface area contributed by atoms with Gasteiger partial charge in [-0.05, 0) is 58.1 Å². The quantitative estimate of drug-likeness (QED) is 0.106. The van der Waals surface area contributed by atoms with Crippen molar-refractivity contribution in [3.05, 3.63) is 65.1 Å². The summed E-state index contributed by atoms with van der Waals surface area (Å²) >= 11 is 5.80. The van der Waals surface area contributed by atoms with Crippen LogP contribution in [0.25, 0.3) is 0 Å². The minimum atomic E-state index is -0.522. The largest absolute Gasteiger partial charge is 0.454 e. The number of urea groups is 2. The van der Waals surface area contributed by atoms with Crippen molar-refractivity contribution < 1.29 is 33.6 Å². The average molecular weight is 693 g/mol. The van der Waals surface area contributed by atoms with Gasteiger partial charge in [0.1, 0.15) is 11.0 Å². The Morgan fingerprint density at radius 2 is 1.29 bits per heavy atom. The van der Waals surface area contributed by atoms with Crippen LogP contribution in [0.5, 0.6) is 23.0 Å². The molecular formula is C30H34BClN10O7. The third-order valence-corrected chi connectivity index (χ3v) is 6.99. The fourth-order valence-corrected chi connectivity index (χ4v) is 4.56. The summed E-state index contributed by atoms with van der Waals surface area (Å²) in [5.41, 5.74) is 2.50. The number of hydrogen-bond donors (Lipinski definition) is 6. The SMILES string of the molecule is CB(O)N(C)CCNc1cc(C)nc(NC(=O)Nc2ccc3c(c2)OCO3)n1.Cc1cc(Cl)nc(NC(=O)Nc2ccc3c(c2)OCO3)n1. The Morgan fingerprint density at radius 1 is 0.776 bits per heavy atom. The van der Waals surface area contributed by atoms with Crippen molar-refractivity contribution in [3.63, 3.8) is 0 Å². The summed E-state index contributed by atoms with van der Waals surface area (Å²) < 4.78 is 21.0. The monoisotopic (exact) mass is 692 g/mol. The molecule has 0 fully saturated rings. The van der Waals surface area contributed by atoms with E-state index in [2.05, 4.69) is 46.5 Å². The molecule has 49 heavy (non-hydrogen) atoms. The predicted octanol–water partition coefficient (Wildman–Crippen LogP) is 4.42. The van der Waals surface area contributed by atoms with Gasteiger partial charge < -0.3 is 44.7 Å². The van der Waals surface area contributed by atoms with E-state index in [-0.39, 0.29) is 30.6 Å². The smallest absolute Gasteiger partial charge is 0.376 e. The van der Waals surface area contributed by atoms with E-state index in [1.165, 1.54) is 0 Å². The molecule has 4 heterocycles. The van der Waals surface area contributed by atoms with Crippen molar-refractivity contribution >= 4 is 59.8 Å². The molecule has 0 aliphatic carbocycles. The van der Waals surface area contributed by atoms with E-state index >= 15 is 0 Å². The standard InChI is InChI=1S/C17H23BN6O4.C13H11ClN4O3/c1-11-8-15(19-6-7-24(3)18(2)26)22-16(20-11)23-17(25)21-12-4-5-13-14(9-12)28-10-27-13;1-7-4-11(14)17-12(15-7)18-13(19)16-8-2-3-9-10(5-8)21-6-20-9/h4-5,8-9,26H,6-7,10H2,1-3H3,(H3,19,20,21,22,23,25);2-5H,6H2,1H3,(H2,15,16,17,18,19). The van der Waals surface area contributed by atoms with Crippen molar-refractivity contribution in [1.29, 1.82) is 0 Å². The molecule has 2 aliphatic heterocycles. The lowest BCUT2D eigenvalue weighted by molar-refractivity contribution is 0.173. The third-order valence-electron chi connectivity index (χ3n) is 6.80. The first-order valence-electron chi connectivity index (χ1n) is 14.9. The molecule has 2 aromatic heterocycles. The number of fused-ring (bicyclic) bond motifs is 2. The lowest BCUT2D eigenvalue weighted by atomic mass is 9.86. The lowest BCUT2D eigenvalue weighted by Gasteiger charge is -2.17. The number of nitrogens with zero attached hydrogens (tertiary/aromatic N) is 5. The highest BCUT2D eigenvalue weighted by atomic mass is 35.5. The van der Waals surface area contributed by atoms with Crippen LogP contribution >= 0.6 is 11.6 Å². The number of amides is 4. The van der Waals surface area contributed by atoms with Crippen molar-refractivity contribution in [2.45, 2.75) is 20.7 Å². The van der Waals surface area contributed by atoms with Crippen LogP contribution in [0.2, 0.25) is 12.0 Å². The Balaban J connectivity index is 0.000000199. The first kappa shape index (κ1) is 34.7. The Morgan fingerprint density at radius 3 is 1.82 bits per heavy atom. The average Bonchev–Trinajstić information content (AvgIpc) is 3.69. The molecule has 0 saturated carbocycles. The van der Waals surface area contributed by atoms with Crippen LogP contribution in [0.15, 0.2) is 48.5 Å². The number of aryl methyl sites for hydroxylation is 2. The van der Waals surface area contributed by atoms with E-state index in [0.29, 0.717) is 64.7 Å². The summed E-state index contributed by atoms with van der Waals surface area (Å²) in [6.07, 6.45) is 0. The van der Waals surface area contributed by atoms with E-state index in [9.17, 15) is 14.6 Å². The van der Waals surface area contributed by atoms with Gasteiger partial charge in [-0.1, -0.05) is 11.6 Å². The number of aromatic nitrogens is 4. The summed E-state index contributed by atoms with van der Waals surface area (Å²) in [5, 5.41) is 23.4. The van der Waals surface area contributed by atoms with E-state index in [1.54, 1.807) is 67.1 Å². The van der Waals surface area contributed by atoms with Gasteiger partial charge in [-0.2, -0.15) is 4.98 Å². The molecule has 0 atom stereocenters. The molecular weight excluding hydrogens is 659 g/mol. The molecule has 6 rings (SSSR count). The Hall–Kier alpha value is -5.59. The first-order chi connectivity index (χ1) is 23.5. The maximum absolute atomic E-state index is 12.3. The number of ether oxygens (including phenoxy) is 4. The van der Waals surface area contributed by atoms with Crippen LogP contribution in [0.1, 0.15) is 11.4 Å². The molecule has 2 aliphatic rings. The minimum absolute atomic E-state index is 0.137. The van der Waals surface area contributed by atoms with Crippen molar-refractivity contribution in [2.75, 3.05) is 60.3 Å². The van der Waals surface area contributed by atoms with Gasteiger partial charge in [0.25, 0.3) is 0 Å². The minimum Gasteiger partial charge on any atom is -0.454 e. The molecule has 0 radical (unpaired) electrons. The lowest BCUT2D eigenvalue weighted by Crippen LogP contribution is -2.36. The molecule has 4 aromatic rings. The Kier molecular flexibility index (Phi) is 11.3. The number of rotatable bonds is 9. The van der Waals surface area contributed by atoms with E-state index in [1.807, 2.05) is 14.0 Å². The molecule has 17 nitrogen and oxygen atoms in total. The number of halogens is 1. The van der Waals surface area contributed by atoms with Gasteiger partial charge in [0.05, 0.1) is 0 Å². The molecule has 4 amide bonds. The summed E-state index contributed by atoms with van der Waals surface area (Å²) in [5.74, 6) is 3.37. The normalized spacial score (nSPS) is 12.1. The number of anilines is 5. The van der Waals surface area contributed by atoms with Crippen LogP contribution in [-0.2, 0) is 0 Å². The molecule has 0 spiro atoms. The van der Waals surface area contributed by atoms with Crippen LogP contribution in [-0.4, -0.2) is 82.6 Å². The second-order valence-electron chi connectivity index (χ2n) is 10.7. The highest BCUT2D eigenvalue weighted by Gasteiger charge is 2.16. The van der Waals surface area contributed by atoms with Crippen molar-refractivity contribution in [3.8, 4) is 23.0 Å². The van der Waals surface area contributed by atoms with E-state index in [4.69, 9.17) is 30.5 Å². The van der Waals surface area contributed by atoms with E-state index < -0.39 is 19.1 Å². The Bertz CT molecular complexity index is 1800. The fourth-order valence-electron chi connectivity index (χ4n) is 4.32. The zero-order valence-corrected chi connectivity index (χ0v) is 27.8. The van der Waals surface area contributed by atoms with Crippen molar-refractivity contribution in [2.24, 2.45) is 0 Å². The number of likely N-dealkylation sites (N-methyl/N-ethyl adjacent to an activating group) is 1. The first-order valence-corrected chi connectivity index (χ1v) is 15.3. The van der Waals surface area contributed by atoms with Gasteiger partial charge in [0.15, 0.2) is 23.0 Å². The topological polar surface area (TPSA) is 206 Å². The van der Waals surface area contributed by atoms with Crippen molar-refractivity contribution in [1.82, 2.24) is 24.7 Å².